The largest absolute Gasteiger partial charge is 0.488 e. The van der Waals surface area contributed by atoms with Gasteiger partial charge in [0.25, 0.3) is 0 Å². The summed E-state index contributed by atoms with van der Waals surface area (Å²) < 4.78 is 13.5. The smallest absolute Gasteiger partial charge is 0.134 e. The Morgan fingerprint density at radius 3 is 2.76 bits per heavy atom. The second-order valence-corrected chi connectivity index (χ2v) is 6.60. The third kappa shape index (κ3) is 4.87. The summed E-state index contributed by atoms with van der Waals surface area (Å²) >= 11 is 6.93. The number of hydrogen-bond acceptors (Lipinski definition) is 3. The van der Waals surface area contributed by atoms with Gasteiger partial charge in [0.2, 0.25) is 0 Å². The third-order valence-corrected chi connectivity index (χ3v) is 4.19. The lowest BCUT2D eigenvalue weighted by Crippen LogP contribution is -2.13. The van der Waals surface area contributed by atoms with Crippen molar-refractivity contribution < 1.29 is 9.15 Å². The van der Waals surface area contributed by atoms with Gasteiger partial charge in [0, 0.05) is 10.0 Å². The standard InChI is InChI=1S/C16H19Br2NO2/c1-3-6-19-9-14-7-12(11(2)21-14)10-20-16-5-4-13(17)8-15(16)18/h4-5,7-8,19H,3,6,9-10H2,1-2H3. The number of furan rings is 1. The topological polar surface area (TPSA) is 34.4 Å². The molecule has 0 bridgehead atoms. The minimum atomic E-state index is 0.503. The van der Waals surface area contributed by atoms with Gasteiger partial charge in [-0.1, -0.05) is 22.9 Å². The Bertz CT molecular complexity index is 596. The van der Waals surface area contributed by atoms with Crippen LogP contribution in [0, 0.1) is 6.92 Å². The van der Waals surface area contributed by atoms with Gasteiger partial charge in [-0.05, 0) is 60.1 Å². The predicted molar refractivity (Wildman–Crippen MR) is 91.6 cm³/mol. The number of aryl methyl sites for hydroxylation is 1. The Hall–Kier alpha value is -0.780. The van der Waals surface area contributed by atoms with Crippen molar-refractivity contribution in [3.63, 3.8) is 0 Å². The highest BCUT2D eigenvalue weighted by atomic mass is 79.9. The Labute approximate surface area is 142 Å². The molecule has 2 rings (SSSR count). The van der Waals surface area contributed by atoms with Gasteiger partial charge in [0.1, 0.15) is 23.9 Å². The number of hydrogen-bond donors (Lipinski definition) is 1. The summed E-state index contributed by atoms with van der Waals surface area (Å²) in [7, 11) is 0. The minimum Gasteiger partial charge on any atom is -0.488 e. The number of halogens is 2. The maximum Gasteiger partial charge on any atom is 0.134 e. The van der Waals surface area contributed by atoms with Crippen LogP contribution >= 0.6 is 31.9 Å². The van der Waals surface area contributed by atoms with E-state index in [1.165, 1.54) is 0 Å². The molecule has 2 aromatic rings. The second-order valence-electron chi connectivity index (χ2n) is 4.83. The second kappa shape index (κ2) is 8.01. The van der Waals surface area contributed by atoms with Gasteiger partial charge in [-0.2, -0.15) is 0 Å². The van der Waals surface area contributed by atoms with Crippen LogP contribution in [0.3, 0.4) is 0 Å². The predicted octanol–water partition coefficient (Wildman–Crippen LogP) is 5.19. The Morgan fingerprint density at radius 1 is 1.24 bits per heavy atom. The fourth-order valence-corrected chi connectivity index (χ4v) is 3.12. The molecule has 0 fully saturated rings. The molecule has 0 aliphatic carbocycles. The summed E-state index contributed by atoms with van der Waals surface area (Å²) in [5.41, 5.74) is 1.08. The van der Waals surface area contributed by atoms with E-state index < -0.39 is 0 Å². The van der Waals surface area contributed by atoms with Crippen molar-refractivity contribution in [2.75, 3.05) is 6.54 Å². The SMILES string of the molecule is CCCNCc1cc(COc2ccc(Br)cc2Br)c(C)o1. The van der Waals surface area contributed by atoms with Crippen LogP contribution in [0.5, 0.6) is 5.75 Å². The molecule has 0 unspecified atom stereocenters. The van der Waals surface area contributed by atoms with E-state index in [0.717, 1.165) is 51.3 Å². The van der Waals surface area contributed by atoms with Crippen LogP contribution in [0.1, 0.15) is 30.4 Å². The van der Waals surface area contributed by atoms with E-state index >= 15 is 0 Å². The quantitative estimate of drug-likeness (QED) is 0.630. The van der Waals surface area contributed by atoms with Crippen LogP contribution in [-0.4, -0.2) is 6.54 Å². The van der Waals surface area contributed by atoms with Crippen molar-refractivity contribution in [2.24, 2.45) is 0 Å². The van der Waals surface area contributed by atoms with E-state index in [2.05, 4.69) is 50.2 Å². The monoisotopic (exact) mass is 415 g/mol. The molecule has 1 aromatic carbocycles. The Morgan fingerprint density at radius 2 is 2.05 bits per heavy atom. The molecule has 0 spiro atoms. The van der Waals surface area contributed by atoms with E-state index in [4.69, 9.17) is 9.15 Å². The highest BCUT2D eigenvalue weighted by molar-refractivity contribution is 9.11. The molecule has 3 nitrogen and oxygen atoms in total. The summed E-state index contributed by atoms with van der Waals surface area (Å²) in [5, 5.41) is 3.33. The first-order chi connectivity index (χ1) is 10.1. The zero-order valence-corrected chi connectivity index (χ0v) is 15.4. The molecule has 0 radical (unpaired) electrons. The molecule has 114 valence electrons. The maximum absolute atomic E-state index is 5.85. The average Bonchev–Trinajstić information content (AvgIpc) is 2.79. The molecule has 21 heavy (non-hydrogen) atoms. The molecule has 1 N–H and O–H groups in total. The lowest BCUT2D eigenvalue weighted by Gasteiger charge is -2.07. The number of rotatable bonds is 7. The first-order valence-corrected chi connectivity index (χ1v) is 8.55. The molecular weight excluding hydrogens is 398 g/mol. The molecule has 5 heteroatoms. The average molecular weight is 417 g/mol. The highest BCUT2D eigenvalue weighted by Crippen LogP contribution is 2.29. The van der Waals surface area contributed by atoms with Crippen molar-refractivity contribution in [2.45, 2.75) is 33.4 Å². The van der Waals surface area contributed by atoms with Gasteiger partial charge in [-0.25, -0.2) is 0 Å². The molecule has 0 atom stereocenters. The summed E-state index contributed by atoms with van der Waals surface area (Å²) in [6, 6.07) is 7.93. The van der Waals surface area contributed by atoms with Crippen molar-refractivity contribution in [1.29, 1.82) is 0 Å². The van der Waals surface area contributed by atoms with Crippen molar-refractivity contribution in [1.82, 2.24) is 5.32 Å². The lowest BCUT2D eigenvalue weighted by molar-refractivity contribution is 0.301. The van der Waals surface area contributed by atoms with Crippen LogP contribution < -0.4 is 10.1 Å². The van der Waals surface area contributed by atoms with Gasteiger partial charge in [0.05, 0.1) is 11.0 Å². The van der Waals surface area contributed by atoms with Crippen LogP contribution in [0.25, 0.3) is 0 Å². The fourth-order valence-electron chi connectivity index (χ4n) is 1.95. The molecule has 0 amide bonds. The third-order valence-electron chi connectivity index (χ3n) is 3.07. The fraction of sp³-hybridized carbons (Fsp3) is 0.375. The molecule has 0 saturated carbocycles. The molecule has 0 aliphatic rings. The van der Waals surface area contributed by atoms with E-state index in [9.17, 15) is 0 Å². The first-order valence-electron chi connectivity index (χ1n) is 6.97. The van der Waals surface area contributed by atoms with Crippen molar-refractivity contribution in [3.8, 4) is 5.75 Å². The van der Waals surface area contributed by atoms with Crippen molar-refractivity contribution in [3.05, 3.63) is 50.3 Å². The van der Waals surface area contributed by atoms with E-state index in [1.807, 2.05) is 25.1 Å². The normalized spacial score (nSPS) is 10.9. The first kappa shape index (κ1) is 16.6. The molecule has 0 saturated heterocycles. The summed E-state index contributed by atoms with van der Waals surface area (Å²) in [6.45, 7) is 6.38. The van der Waals surface area contributed by atoms with Gasteiger partial charge in [-0.3, -0.25) is 0 Å². The van der Waals surface area contributed by atoms with Crippen LogP contribution in [-0.2, 0) is 13.2 Å². The minimum absolute atomic E-state index is 0.503. The summed E-state index contributed by atoms with van der Waals surface area (Å²) in [6.07, 6.45) is 1.12. The van der Waals surface area contributed by atoms with Crippen LogP contribution in [0.4, 0.5) is 0 Å². The lowest BCUT2D eigenvalue weighted by atomic mass is 10.2. The van der Waals surface area contributed by atoms with Crippen molar-refractivity contribution >= 4 is 31.9 Å². The van der Waals surface area contributed by atoms with Gasteiger partial charge < -0.3 is 14.5 Å². The zero-order chi connectivity index (χ0) is 15.2. The molecule has 1 heterocycles. The van der Waals surface area contributed by atoms with E-state index in [1.54, 1.807) is 0 Å². The van der Waals surface area contributed by atoms with Gasteiger partial charge >= 0.3 is 0 Å². The van der Waals surface area contributed by atoms with Gasteiger partial charge in [-0.15, -0.1) is 0 Å². The maximum atomic E-state index is 5.85. The highest BCUT2D eigenvalue weighted by Gasteiger charge is 2.09. The summed E-state index contributed by atoms with van der Waals surface area (Å²) in [4.78, 5) is 0. The Balaban J connectivity index is 1.96. The number of nitrogens with one attached hydrogen (secondary N) is 1. The number of benzene rings is 1. The zero-order valence-electron chi connectivity index (χ0n) is 12.2. The number of ether oxygens (including phenoxy) is 1. The summed E-state index contributed by atoms with van der Waals surface area (Å²) in [5.74, 6) is 2.69. The molecular formula is C16H19Br2NO2. The molecule has 1 aromatic heterocycles. The molecule has 0 aliphatic heterocycles. The van der Waals surface area contributed by atoms with Crippen LogP contribution in [0.15, 0.2) is 37.6 Å². The van der Waals surface area contributed by atoms with E-state index in [-0.39, 0.29) is 0 Å². The van der Waals surface area contributed by atoms with Crippen LogP contribution in [0.2, 0.25) is 0 Å². The van der Waals surface area contributed by atoms with Gasteiger partial charge in [0.15, 0.2) is 0 Å². The van der Waals surface area contributed by atoms with E-state index in [0.29, 0.717) is 6.61 Å². The Kier molecular flexibility index (Phi) is 6.33.